The summed E-state index contributed by atoms with van der Waals surface area (Å²) in [5.74, 6) is 0. The highest BCUT2D eigenvalue weighted by molar-refractivity contribution is 9.10. The van der Waals surface area contributed by atoms with Gasteiger partial charge in [0.2, 0.25) is 0 Å². The van der Waals surface area contributed by atoms with E-state index in [1.165, 1.54) is 16.5 Å². The highest BCUT2D eigenvalue weighted by Gasteiger charge is 2.17. The van der Waals surface area contributed by atoms with Gasteiger partial charge in [0.15, 0.2) is 0 Å². The molecule has 1 fully saturated rings. The fourth-order valence-corrected chi connectivity index (χ4v) is 2.59. The van der Waals surface area contributed by atoms with Crippen LogP contribution in [0.3, 0.4) is 0 Å². The van der Waals surface area contributed by atoms with E-state index in [0.29, 0.717) is 6.04 Å². The van der Waals surface area contributed by atoms with Gasteiger partial charge >= 0.3 is 0 Å². The number of rotatable bonds is 3. The van der Waals surface area contributed by atoms with Gasteiger partial charge in [-0.3, -0.25) is 4.90 Å². The van der Waals surface area contributed by atoms with Gasteiger partial charge < -0.3 is 5.32 Å². The van der Waals surface area contributed by atoms with Crippen LogP contribution in [-0.4, -0.2) is 30.6 Å². The van der Waals surface area contributed by atoms with E-state index in [1.807, 2.05) is 0 Å². The average molecular weight is 283 g/mol. The Morgan fingerprint density at radius 1 is 1.44 bits per heavy atom. The van der Waals surface area contributed by atoms with Crippen molar-refractivity contribution < 1.29 is 0 Å². The average Bonchev–Trinajstić information content (AvgIpc) is 2.32. The van der Waals surface area contributed by atoms with Crippen molar-refractivity contribution in [3.8, 4) is 0 Å². The quantitative estimate of drug-likeness (QED) is 0.917. The molecule has 0 bridgehead atoms. The van der Waals surface area contributed by atoms with Gasteiger partial charge in [-0.15, -0.1) is 0 Å². The second-order valence-corrected chi connectivity index (χ2v) is 5.24. The summed E-state index contributed by atoms with van der Waals surface area (Å²) in [5.41, 5.74) is 1.39. The molecule has 0 aromatic heterocycles. The van der Waals surface area contributed by atoms with E-state index >= 15 is 0 Å². The largest absolute Gasteiger partial charge is 0.311 e. The summed E-state index contributed by atoms with van der Waals surface area (Å²) in [6.07, 6.45) is 1.21. The fourth-order valence-electron chi connectivity index (χ4n) is 2.18. The molecule has 0 spiro atoms. The monoisotopic (exact) mass is 282 g/mol. The topological polar surface area (TPSA) is 15.3 Å². The molecule has 0 saturated carbocycles. The van der Waals surface area contributed by atoms with E-state index in [9.17, 15) is 0 Å². The molecule has 1 heterocycles. The maximum absolute atomic E-state index is 3.61. The third kappa shape index (κ3) is 3.06. The molecule has 1 aliphatic rings. The van der Waals surface area contributed by atoms with Gasteiger partial charge in [0, 0.05) is 36.7 Å². The predicted octanol–water partition coefficient (Wildman–Crippen LogP) is 2.63. The van der Waals surface area contributed by atoms with E-state index in [2.05, 4.69) is 57.3 Å². The maximum atomic E-state index is 3.61. The van der Waals surface area contributed by atoms with Crippen LogP contribution in [-0.2, 0) is 6.54 Å². The van der Waals surface area contributed by atoms with Crippen molar-refractivity contribution in [3.63, 3.8) is 0 Å². The Morgan fingerprint density at radius 3 is 3.00 bits per heavy atom. The van der Waals surface area contributed by atoms with Gasteiger partial charge in [0.05, 0.1) is 0 Å². The smallest absolute Gasteiger partial charge is 0.0246 e. The molecule has 1 atom stereocenters. The second-order valence-electron chi connectivity index (χ2n) is 4.39. The molecule has 1 aromatic carbocycles. The van der Waals surface area contributed by atoms with Crippen molar-refractivity contribution in [1.29, 1.82) is 0 Å². The van der Waals surface area contributed by atoms with Crippen molar-refractivity contribution in [3.05, 3.63) is 34.3 Å². The van der Waals surface area contributed by atoms with Crippen LogP contribution in [0.1, 0.15) is 18.9 Å². The normalized spacial score (nSPS) is 22.2. The highest BCUT2D eigenvalue weighted by atomic mass is 79.9. The Bertz CT molecular complexity index is 340. The van der Waals surface area contributed by atoms with Gasteiger partial charge in [0.25, 0.3) is 0 Å². The number of hydrogen-bond acceptors (Lipinski definition) is 2. The number of benzene rings is 1. The first-order chi connectivity index (χ1) is 7.79. The zero-order chi connectivity index (χ0) is 11.4. The SMILES string of the molecule is CCC1CN(Cc2ccccc2Br)CCN1. The minimum Gasteiger partial charge on any atom is -0.311 e. The van der Waals surface area contributed by atoms with Crippen molar-refractivity contribution in [2.75, 3.05) is 19.6 Å². The highest BCUT2D eigenvalue weighted by Crippen LogP contribution is 2.18. The van der Waals surface area contributed by atoms with Crippen LogP contribution < -0.4 is 5.32 Å². The zero-order valence-corrected chi connectivity index (χ0v) is 11.3. The molecule has 1 aromatic rings. The van der Waals surface area contributed by atoms with Crippen molar-refractivity contribution in [2.45, 2.75) is 25.9 Å². The molecular weight excluding hydrogens is 264 g/mol. The Hall–Kier alpha value is -0.380. The third-order valence-corrected chi connectivity index (χ3v) is 3.96. The Balaban J connectivity index is 1.97. The summed E-state index contributed by atoms with van der Waals surface area (Å²) in [5, 5.41) is 3.55. The number of nitrogens with zero attached hydrogens (tertiary/aromatic N) is 1. The summed E-state index contributed by atoms with van der Waals surface area (Å²) in [6.45, 7) is 6.73. The van der Waals surface area contributed by atoms with Gasteiger partial charge in [0.1, 0.15) is 0 Å². The second kappa shape index (κ2) is 5.80. The molecular formula is C13H19BrN2. The van der Waals surface area contributed by atoms with Crippen LogP contribution in [0.4, 0.5) is 0 Å². The van der Waals surface area contributed by atoms with Crippen LogP contribution in [0.5, 0.6) is 0 Å². The lowest BCUT2D eigenvalue weighted by Gasteiger charge is -2.33. The molecule has 16 heavy (non-hydrogen) atoms. The lowest BCUT2D eigenvalue weighted by Crippen LogP contribution is -2.49. The van der Waals surface area contributed by atoms with Gasteiger partial charge in [-0.1, -0.05) is 41.1 Å². The van der Waals surface area contributed by atoms with E-state index in [4.69, 9.17) is 0 Å². The maximum Gasteiger partial charge on any atom is 0.0246 e. The van der Waals surface area contributed by atoms with Gasteiger partial charge in [-0.2, -0.15) is 0 Å². The van der Waals surface area contributed by atoms with Crippen molar-refractivity contribution in [2.24, 2.45) is 0 Å². The van der Waals surface area contributed by atoms with E-state index < -0.39 is 0 Å². The standard InChI is InChI=1S/C13H19BrN2/c1-2-12-10-16(8-7-15-12)9-11-5-3-4-6-13(11)14/h3-6,12,15H,2,7-10H2,1H3. The Kier molecular flexibility index (Phi) is 4.38. The van der Waals surface area contributed by atoms with E-state index in [0.717, 1.165) is 26.2 Å². The molecule has 88 valence electrons. The molecule has 2 nitrogen and oxygen atoms in total. The number of piperazine rings is 1. The lowest BCUT2D eigenvalue weighted by atomic mass is 10.1. The number of halogens is 1. The summed E-state index contributed by atoms with van der Waals surface area (Å²) in [7, 11) is 0. The Morgan fingerprint density at radius 2 is 2.25 bits per heavy atom. The van der Waals surface area contributed by atoms with Crippen molar-refractivity contribution in [1.82, 2.24) is 10.2 Å². The molecule has 3 heteroatoms. The molecule has 0 radical (unpaired) electrons. The lowest BCUT2D eigenvalue weighted by molar-refractivity contribution is 0.189. The fraction of sp³-hybridized carbons (Fsp3) is 0.538. The molecule has 0 aliphatic carbocycles. The van der Waals surface area contributed by atoms with Crippen LogP contribution in [0.15, 0.2) is 28.7 Å². The van der Waals surface area contributed by atoms with Crippen molar-refractivity contribution >= 4 is 15.9 Å². The summed E-state index contributed by atoms with van der Waals surface area (Å²) in [6, 6.07) is 9.16. The van der Waals surface area contributed by atoms with Gasteiger partial charge in [-0.25, -0.2) is 0 Å². The van der Waals surface area contributed by atoms with E-state index in [-0.39, 0.29) is 0 Å². The first-order valence-corrected chi connectivity index (χ1v) is 6.78. The van der Waals surface area contributed by atoms with Crippen LogP contribution in [0.2, 0.25) is 0 Å². The number of hydrogen-bond donors (Lipinski definition) is 1. The predicted molar refractivity (Wildman–Crippen MR) is 71.5 cm³/mol. The first kappa shape index (κ1) is 12.1. The summed E-state index contributed by atoms with van der Waals surface area (Å²) < 4.78 is 1.22. The molecule has 0 amide bonds. The molecule has 1 saturated heterocycles. The molecule has 1 aliphatic heterocycles. The van der Waals surface area contributed by atoms with Crippen LogP contribution >= 0.6 is 15.9 Å². The van der Waals surface area contributed by atoms with Crippen LogP contribution in [0.25, 0.3) is 0 Å². The molecule has 1 unspecified atom stereocenters. The molecule has 1 N–H and O–H groups in total. The van der Waals surface area contributed by atoms with Gasteiger partial charge in [-0.05, 0) is 18.1 Å². The minimum absolute atomic E-state index is 0.663. The first-order valence-electron chi connectivity index (χ1n) is 5.98. The molecule has 2 rings (SSSR count). The summed E-state index contributed by atoms with van der Waals surface area (Å²) >= 11 is 3.61. The summed E-state index contributed by atoms with van der Waals surface area (Å²) in [4.78, 5) is 2.53. The van der Waals surface area contributed by atoms with E-state index in [1.54, 1.807) is 0 Å². The zero-order valence-electron chi connectivity index (χ0n) is 9.75. The third-order valence-electron chi connectivity index (χ3n) is 3.18. The number of nitrogens with one attached hydrogen (secondary N) is 1. The van der Waals surface area contributed by atoms with Crippen LogP contribution in [0, 0.1) is 0 Å². The minimum atomic E-state index is 0.663. The Labute approximate surface area is 106 Å².